The minimum atomic E-state index is -0.299. The number of carbonyl (C=O) groups excluding carboxylic acids is 2. The van der Waals surface area contributed by atoms with Crippen LogP contribution < -0.4 is 4.57 Å². The first kappa shape index (κ1) is 23.4. The van der Waals surface area contributed by atoms with E-state index in [0.717, 1.165) is 5.56 Å². The van der Waals surface area contributed by atoms with Crippen molar-refractivity contribution in [2.24, 2.45) is 12.5 Å². The summed E-state index contributed by atoms with van der Waals surface area (Å²) in [6.45, 7) is 6.13. The molecule has 0 fully saturated rings. The number of hydrogen-bond acceptors (Lipinski definition) is 3. The summed E-state index contributed by atoms with van der Waals surface area (Å²) in [5.41, 5.74) is 3.66. The molecule has 0 saturated carbocycles. The molecule has 4 heteroatoms. The number of ether oxygens (including phenoxy) is 1. The number of nitrogens with zero attached hydrogens (tertiary/aromatic N) is 1. The number of hydrogen-bond donors (Lipinski definition) is 0. The van der Waals surface area contributed by atoms with Gasteiger partial charge in [0.25, 0.3) is 0 Å². The highest BCUT2D eigenvalue weighted by Gasteiger charge is 2.36. The fraction of sp³-hybridized carbons (Fsp3) is 0.156. The van der Waals surface area contributed by atoms with Gasteiger partial charge in [0.15, 0.2) is 17.8 Å². The van der Waals surface area contributed by atoms with Gasteiger partial charge in [0, 0.05) is 33.6 Å². The Hall–Kier alpha value is -4.31. The predicted octanol–water partition coefficient (Wildman–Crippen LogP) is 6.45. The molecule has 1 aliphatic heterocycles. The van der Waals surface area contributed by atoms with E-state index >= 15 is 0 Å². The van der Waals surface area contributed by atoms with Gasteiger partial charge in [0.2, 0.25) is 5.52 Å². The summed E-state index contributed by atoms with van der Waals surface area (Å²) in [7, 11) is 2.04. The number of pyridine rings is 1. The molecule has 0 atom stereocenters. The normalized spacial score (nSPS) is 16.1. The molecule has 5 rings (SSSR count). The standard InChI is InChI=1S/C32H28NO3/c1-32(2,3)28-19-23(29-30(34)25-14-8-9-15-26(25)31(29)35)18-24(36-28)13-7-5-11-21-17-22-12-6-10-16-27(22)33(4)20-21/h5-20H,1-4H3/q+1/b11-5+,13-7+. The van der Waals surface area contributed by atoms with Crippen molar-refractivity contribution in [2.75, 3.05) is 0 Å². The molecule has 4 nitrogen and oxygen atoms in total. The quantitative estimate of drug-likeness (QED) is 0.190. The average molecular weight is 475 g/mol. The van der Waals surface area contributed by atoms with E-state index in [2.05, 4.69) is 29.0 Å². The van der Waals surface area contributed by atoms with Crippen LogP contribution in [0.5, 0.6) is 0 Å². The van der Waals surface area contributed by atoms with Crippen molar-refractivity contribution in [2.45, 2.75) is 20.8 Å². The Morgan fingerprint density at radius 1 is 0.833 bits per heavy atom. The smallest absolute Gasteiger partial charge is 0.212 e. The van der Waals surface area contributed by atoms with E-state index in [1.54, 1.807) is 30.3 Å². The lowest BCUT2D eigenvalue weighted by Crippen LogP contribution is -2.28. The van der Waals surface area contributed by atoms with Crippen LogP contribution in [0.25, 0.3) is 17.0 Å². The summed E-state index contributed by atoms with van der Waals surface area (Å²) >= 11 is 0. The van der Waals surface area contributed by atoms with Crippen LogP contribution in [0.3, 0.4) is 0 Å². The zero-order valence-corrected chi connectivity index (χ0v) is 20.9. The Balaban J connectivity index is 1.47. The molecule has 0 unspecified atom stereocenters. The van der Waals surface area contributed by atoms with Crippen LogP contribution >= 0.6 is 0 Å². The van der Waals surface area contributed by atoms with Crippen LogP contribution in [0.2, 0.25) is 0 Å². The Labute approximate surface area is 211 Å². The molecular weight excluding hydrogens is 446 g/mol. The number of Topliss-reactive ketones (excluding diaryl/α,β-unsaturated/α-hetero) is 2. The number of allylic oxidation sites excluding steroid dienone is 8. The van der Waals surface area contributed by atoms with Gasteiger partial charge >= 0.3 is 0 Å². The number of aryl methyl sites for hydroxylation is 1. The number of para-hydroxylation sites is 1. The topological polar surface area (TPSA) is 47.2 Å². The molecule has 2 aliphatic rings. The van der Waals surface area contributed by atoms with Gasteiger partial charge in [-0.1, -0.05) is 69.3 Å². The molecular formula is C32H28NO3+. The Bertz CT molecular complexity index is 1540. The molecule has 0 saturated heterocycles. The summed E-state index contributed by atoms with van der Waals surface area (Å²) < 4.78 is 8.27. The summed E-state index contributed by atoms with van der Waals surface area (Å²) in [5, 5.41) is 1.17. The van der Waals surface area contributed by atoms with E-state index in [1.807, 2.05) is 70.3 Å². The molecule has 0 amide bonds. The third-order valence-corrected chi connectivity index (χ3v) is 6.35. The summed E-state index contributed by atoms with van der Waals surface area (Å²) in [6, 6.07) is 17.4. The maximum Gasteiger partial charge on any atom is 0.212 e. The Morgan fingerprint density at radius 3 is 2.17 bits per heavy atom. The number of fused-ring (bicyclic) bond motifs is 2. The van der Waals surface area contributed by atoms with Gasteiger partial charge in [-0.15, -0.1) is 0 Å². The Morgan fingerprint density at radius 2 is 1.47 bits per heavy atom. The fourth-order valence-electron chi connectivity index (χ4n) is 4.48. The fourth-order valence-corrected chi connectivity index (χ4v) is 4.48. The van der Waals surface area contributed by atoms with Gasteiger partial charge < -0.3 is 4.74 Å². The first-order valence-corrected chi connectivity index (χ1v) is 12.0. The van der Waals surface area contributed by atoms with Crippen LogP contribution in [0, 0.1) is 5.41 Å². The lowest BCUT2D eigenvalue weighted by atomic mass is 9.89. The molecule has 0 radical (unpaired) electrons. The van der Waals surface area contributed by atoms with Crippen LogP contribution in [-0.4, -0.2) is 11.6 Å². The van der Waals surface area contributed by atoms with Crippen molar-refractivity contribution in [1.29, 1.82) is 0 Å². The van der Waals surface area contributed by atoms with Crippen molar-refractivity contribution in [3.63, 3.8) is 0 Å². The minimum Gasteiger partial charge on any atom is -0.461 e. The van der Waals surface area contributed by atoms with E-state index in [4.69, 9.17) is 4.74 Å². The molecule has 36 heavy (non-hydrogen) atoms. The second kappa shape index (κ2) is 9.04. The van der Waals surface area contributed by atoms with Crippen molar-refractivity contribution < 1.29 is 18.9 Å². The third kappa shape index (κ3) is 4.38. The zero-order valence-electron chi connectivity index (χ0n) is 20.9. The second-order valence-electron chi connectivity index (χ2n) is 10.1. The van der Waals surface area contributed by atoms with E-state index < -0.39 is 0 Å². The van der Waals surface area contributed by atoms with E-state index in [9.17, 15) is 9.59 Å². The van der Waals surface area contributed by atoms with Gasteiger partial charge in [0.05, 0.1) is 5.57 Å². The summed E-state index contributed by atoms with van der Waals surface area (Å²) in [6.07, 6.45) is 13.4. The van der Waals surface area contributed by atoms with Gasteiger partial charge in [-0.2, -0.15) is 0 Å². The highest BCUT2D eigenvalue weighted by Crippen LogP contribution is 2.37. The average Bonchev–Trinajstić information content (AvgIpc) is 3.11. The maximum atomic E-state index is 13.1. The van der Waals surface area contributed by atoms with Crippen molar-refractivity contribution in [3.05, 3.63) is 131 Å². The molecule has 3 aromatic rings. The van der Waals surface area contributed by atoms with Gasteiger partial charge in [0.1, 0.15) is 18.6 Å². The lowest BCUT2D eigenvalue weighted by Gasteiger charge is -2.27. The number of rotatable bonds is 3. The predicted molar refractivity (Wildman–Crippen MR) is 142 cm³/mol. The first-order chi connectivity index (χ1) is 17.2. The SMILES string of the molecule is C[n+]1cc(/C=C/C=C/C2=CC(=C3C(=O)c4ccccc4C3=O)C=C(C(C)(C)C)O2)cc2ccccc21. The van der Waals surface area contributed by atoms with Crippen molar-refractivity contribution in [1.82, 2.24) is 0 Å². The third-order valence-electron chi connectivity index (χ3n) is 6.35. The number of benzene rings is 2. The zero-order chi connectivity index (χ0) is 25.4. The largest absolute Gasteiger partial charge is 0.461 e. The number of ketones is 2. The van der Waals surface area contributed by atoms with E-state index in [0.29, 0.717) is 28.2 Å². The summed E-state index contributed by atoms with van der Waals surface area (Å²) in [5.74, 6) is 0.811. The van der Waals surface area contributed by atoms with Crippen LogP contribution in [0.1, 0.15) is 47.1 Å². The van der Waals surface area contributed by atoms with E-state index in [1.165, 1.54) is 10.9 Å². The Kier molecular flexibility index (Phi) is 5.89. The molecule has 178 valence electrons. The highest BCUT2D eigenvalue weighted by atomic mass is 16.5. The lowest BCUT2D eigenvalue weighted by molar-refractivity contribution is -0.645. The van der Waals surface area contributed by atoms with Crippen LogP contribution in [0.4, 0.5) is 0 Å². The number of carbonyl (C=O) groups is 2. The molecule has 2 aromatic carbocycles. The molecule has 1 aromatic heterocycles. The molecule has 1 aliphatic carbocycles. The molecule has 2 heterocycles. The first-order valence-electron chi connectivity index (χ1n) is 12.0. The van der Waals surface area contributed by atoms with E-state index in [-0.39, 0.29) is 22.6 Å². The van der Waals surface area contributed by atoms with Crippen LogP contribution in [-0.2, 0) is 11.8 Å². The highest BCUT2D eigenvalue weighted by molar-refractivity contribution is 6.40. The van der Waals surface area contributed by atoms with Gasteiger partial charge in [-0.3, -0.25) is 9.59 Å². The monoisotopic (exact) mass is 474 g/mol. The second-order valence-corrected chi connectivity index (χ2v) is 10.1. The number of aromatic nitrogens is 1. The molecule has 0 N–H and O–H groups in total. The van der Waals surface area contributed by atoms with Gasteiger partial charge in [-0.25, -0.2) is 4.57 Å². The summed E-state index contributed by atoms with van der Waals surface area (Å²) in [4.78, 5) is 26.2. The van der Waals surface area contributed by atoms with Crippen molar-refractivity contribution >= 4 is 28.5 Å². The van der Waals surface area contributed by atoms with Crippen molar-refractivity contribution in [3.8, 4) is 0 Å². The maximum absolute atomic E-state index is 13.1. The van der Waals surface area contributed by atoms with Crippen LogP contribution in [0.15, 0.2) is 114 Å². The molecule has 0 spiro atoms. The minimum absolute atomic E-state index is 0.200. The van der Waals surface area contributed by atoms with Gasteiger partial charge in [-0.05, 0) is 42.0 Å². The molecule has 0 bridgehead atoms.